The molecule has 3 heteroatoms. The Morgan fingerprint density at radius 2 is 2.09 bits per heavy atom. The molecule has 0 saturated carbocycles. The molecule has 0 aromatic heterocycles. The lowest BCUT2D eigenvalue weighted by molar-refractivity contribution is -0.145. The van der Waals surface area contributed by atoms with Crippen LogP contribution in [0.4, 0.5) is 0 Å². The number of fused-ring (bicyclic) bond motifs is 2. The van der Waals surface area contributed by atoms with Crippen molar-refractivity contribution in [1.29, 1.82) is 0 Å². The van der Waals surface area contributed by atoms with E-state index in [1.165, 1.54) is 0 Å². The minimum atomic E-state index is -0.209. The Bertz CT molecular complexity index is 211. The molecule has 4 unspecified atom stereocenters. The smallest absolute Gasteiger partial charge is 0.166 e. The fourth-order valence-corrected chi connectivity index (χ4v) is 2.36. The minimum absolute atomic E-state index is 0.0972. The number of hydrogen-bond donors (Lipinski definition) is 0. The molecular formula is C8H10O3. The summed E-state index contributed by atoms with van der Waals surface area (Å²) in [5.74, 6) is 0.256. The highest BCUT2D eigenvalue weighted by atomic mass is 16.6. The highest BCUT2D eigenvalue weighted by molar-refractivity contribution is 5.85. The molecule has 3 nitrogen and oxygen atoms in total. The van der Waals surface area contributed by atoms with Crippen LogP contribution in [0.5, 0.6) is 0 Å². The lowest BCUT2D eigenvalue weighted by atomic mass is 9.91. The van der Waals surface area contributed by atoms with Crippen LogP contribution in [-0.2, 0) is 14.3 Å². The number of rotatable bonds is 0. The molecule has 11 heavy (non-hydrogen) atoms. The van der Waals surface area contributed by atoms with E-state index in [0.29, 0.717) is 12.5 Å². The summed E-state index contributed by atoms with van der Waals surface area (Å²) < 4.78 is 11.1. The van der Waals surface area contributed by atoms with Crippen molar-refractivity contribution < 1.29 is 14.3 Å². The van der Waals surface area contributed by atoms with Gasteiger partial charge in [0, 0.05) is 19.3 Å². The maximum absolute atomic E-state index is 11.3. The van der Waals surface area contributed by atoms with Crippen LogP contribution < -0.4 is 0 Å². The molecule has 3 rings (SSSR count). The summed E-state index contributed by atoms with van der Waals surface area (Å²) in [6.45, 7) is 0. The third-order valence-electron chi connectivity index (χ3n) is 2.81. The van der Waals surface area contributed by atoms with E-state index in [1.54, 1.807) is 0 Å². The molecule has 4 atom stereocenters. The predicted octanol–water partition coefficient (Wildman–Crippen LogP) is 0.274. The number of Topliss-reactive ketones (excluding diaryl/α,β-unsaturated/α-hetero) is 1. The first-order valence-corrected chi connectivity index (χ1v) is 4.16. The molecule has 3 saturated heterocycles. The van der Waals surface area contributed by atoms with Crippen molar-refractivity contribution in [2.45, 2.75) is 43.7 Å². The number of carbonyl (C=O) groups excluding carboxylic acids is 1. The lowest BCUT2D eigenvalue weighted by Gasteiger charge is -2.31. The first-order chi connectivity index (χ1) is 5.33. The van der Waals surface area contributed by atoms with Gasteiger partial charge in [0.1, 0.15) is 6.10 Å². The molecule has 3 fully saturated rings. The molecule has 3 aliphatic heterocycles. The molecule has 0 spiro atoms. The molecule has 3 aliphatic rings. The van der Waals surface area contributed by atoms with E-state index in [4.69, 9.17) is 9.47 Å². The summed E-state index contributed by atoms with van der Waals surface area (Å²) in [6, 6.07) is 0. The molecule has 3 bridgehead atoms. The fraction of sp³-hybridized carbons (Fsp3) is 0.875. The van der Waals surface area contributed by atoms with Crippen molar-refractivity contribution in [3.05, 3.63) is 0 Å². The average Bonchev–Trinajstić information content (AvgIpc) is 2.19. The Morgan fingerprint density at radius 1 is 1.18 bits per heavy atom. The van der Waals surface area contributed by atoms with E-state index in [0.717, 1.165) is 12.8 Å². The van der Waals surface area contributed by atoms with Crippen LogP contribution in [-0.4, -0.2) is 30.2 Å². The van der Waals surface area contributed by atoms with Gasteiger partial charge in [0.25, 0.3) is 0 Å². The van der Waals surface area contributed by atoms with E-state index >= 15 is 0 Å². The highest BCUT2D eigenvalue weighted by Crippen LogP contribution is 2.39. The Hall–Kier alpha value is -0.410. The van der Waals surface area contributed by atoms with Crippen LogP contribution >= 0.6 is 0 Å². The van der Waals surface area contributed by atoms with Crippen LogP contribution in [0.2, 0.25) is 0 Å². The van der Waals surface area contributed by atoms with Gasteiger partial charge in [0.05, 0.1) is 18.3 Å². The van der Waals surface area contributed by atoms with Crippen molar-refractivity contribution in [3.63, 3.8) is 0 Å². The quantitative estimate of drug-likeness (QED) is 0.502. The summed E-state index contributed by atoms with van der Waals surface area (Å²) in [7, 11) is 0. The molecular weight excluding hydrogens is 144 g/mol. The van der Waals surface area contributed by atoms with Gasteiger partial charge in [-0.25, -0.2) is 0 Å². The van der Waals surface area contributed by atoms with Gasteiger partial charge in [-0.1, -0.05) is 0 Å². The van der Waals surface area contributed by atoms with E-state index in [-0.39, 0.29) is 24.1 Å². The molecule has 0 amide bonds. The van der Waals surface area contributed by atoms with Crippen LogP contribution in [0.15, 0.2) is 0 Å². The SMILES string of the molecule is O=C1CC2CC3CC(O2)C1O3. The summed E-state index contributed by atoms with van der Waals surface area (Å²) >= 11 is 0. The van der Waals surface area contributed by atoms with Crippen molar-refractivity contribution in [2.75, 3.05) is 0 Å². The van der Waals surface area contributed by atoms with Gasteiger partial charge in [-0.15, -0.1) is 0 Å². The number of hydrogen-bond acceptors (Lipinski definition) is 3. The van der Waals surface area contributed by atoms with Crippen molar-refractivity contribution >= 4 is 5.78 Å². The van der Waals surface area contributed by atoms with Gasteiger partial charge in [-0.05, 0) is 0 Å². The predicted molar refractivity (Wildman–Crippen MR) is 36.2 cm³/mol. The number of carbonyl (C=O) groups is 1. The first kappa shape index (κ1) is 6.14. The molecule has 60 valence electrons. The molecule has 3 heterocycles. The minimum Gasteiger partial charge on any atom is -0.371 e. The third-order valence-corrected chi connectivity index (χ3v) is 2.81. The second-order valence-electron chi connectivity index (χ2n) is 3.62. The standard InChI is InChI=1S/C8H10O3/c9-6-2-4-1-5-3-7(10-4)8(6)11-5/h4-5,7-8H,1-3H2. The van der Waals surface area contributed by atoms with Gasteiger partial charge in [0.15, 0.2) is 5.78 Å². The van der Waals surface area contributed by atoms with Crippen LogP contribution in [0, 0.1) is 0 Å². The molecule has 0 aliphatic carbocycles. The van der Waals surface area contributed by atoms with Crippen molar-refractivity contribution in [3.8, 4) is 0 Å². The maximum Gasteiger partial charge on any atom is 0.166 e. The highest BCUT2D eigenvalue weighted by Gasteiger charge is 2.50. The van der Waals surface area contributed by atoms with Gasteiger partial charge < -0.3 is 9.47 Å². The monoisotopic (exact) mass is 154 g/mol. The number of ketones is 1. The Morgan fingerprint density at radius 3 is 3.00 bits per heavy atom. The van der Waals surface area contributed by atoms with E-state index < -0.39 is 0 Å². The molecule has 0 radical (unpaired) electrons. The van der Waals surface area contributed by atoms with Gasteiger partial charge in [-0.2, -0.15) is 0 Å². The van der Waals surface area contributed by atoms with Crippen molar-refractivity contribution in [2.24, 2.45) is 0 Å². The largest absolute Gasteiger partial charge is 0.371 e. The van der Waals surface area contributed by atoms with E-state index in [2.05, 4.69) is 0 Å². The summed E-state index contributed by atoms with van der Waals surface area (Å²) in [6.07, 6.45) is 2.82. The zero-order valence-corrected chi connectivity index (χ0v) is 6.16. The third kappa shape index (κ3) is 0.726. The summed E-state index contributed by atoms with van der Waals surface area (Å²) in [5.41, 5.74) is 0. The Labute approximate surface area is 64.7 Å². The molecule has 0 aromatic rings. The van der Waals surface area contributed by atoms with Crippen LogP contribution in [0.1, 0.15) is 19.3 Å². The van der Waals surface area contributed by atoms with Gasteiger partial charge >= 0.3 is 0 Å². The second kappa shape index (κ2) is 1.84. The Balaban J connectivity index is 2.00. The average molecular weight is 154 g/mol. The second-order valence-corrected chi connectivity index (χ2v) is 3.62. The summed E-state index contributed by atoms with van der Waals surface area (Å²) in [4.78, 5) is 11.3. The molecule has 0 aromatic carbocycles. The van der Waals surface area contributed by atoms with Crippen molar-refractivity contribution in [1.82, 2.24) is 0 Å². The van der Waals surface area contributed by atoms with E-state index in [9.17, 15) is 4.79 Å². The summed E-state index contributed by atoms with van der Waals surface area (Å²) in [5, 5.41) is 0. The first-order valence-electron chi connectivity index (χ1n) is 4.16. The molecule has 0 N–H and O–H groups in total. The normalized spacial score (nSPS) is 53.6. The van der Waals surface area contributed by atoms with Crippen LogP contribution in [0.25, 0.3) is 0 Å². The van der Waals surface area contributed by atoms with E-state index in [1.807, 2.05) is 0 Å². The maximum atomic E-state index is 11.3. The number of ether oxygens (including phenoxy) is 2. The lowest BCUT2D eigenvalue weighted by Crippen LogP contribution is -2.43. The topological polar surface area (TPSA) is 35.5 Å². The Kier molecular flexibility index (Phi) is 1.03. The van der Waals surface area contributed by atoms with Gasteiger partial charge in [0.2, 0.25) is 0 Å². The van der Waals surface area contributed by atoms with Gasteiger partial charge in [-0.3, -0.25) is 4.79 Å². The zero-order valence-electron chi connectivity index (χ0n) is 6.16. The van der Waals surface area contributed by atoms with Crippen LogP contribution in [0.3, 0.4) is 0 Å². The zero-order chi connectivity index (χ0) is 7.42. The fourth-order valence-electron chi connectivity index (χ4n) is 2.36.